The Hall–Kier alpha value is 0.0700. The summed E-state index contributed by atoms with van der Waals surface area (Å²) in [7, 11) is -4.64. The third-order valence-electron chi connectivity index (χ3n) is 36.2. The van der Waals surface area contributed by atoms with E-state index in [1.54, 1.807) is 0 Å². The van der Waals surface area contributed by atoms with Crippen molar-refractivity contribution in [3.63, 3.8) is 0 Å². The zero-order valence-electron chi connectivity index (χ0n) is 100.0. The van der Waals surface area contributed by atoms with Gasteiger partial charge < -0.3 is 19.8 Å². The van der Waals surface area contributed by atoms with Crippen LogP contribution in [0.4, 0.5) is 0 Å². The van der Waals surface area contributed by atoms with Crippen molar-refractivity contribution >= 4 is 7.82 Å². The molecule has 0 saturated carbocycles. The standard InChI is InChI=1S/C134H270O.H3O4P/c1-14-27-40-53-66-78-91-104-117-129(116-103-90-65-52-39-26-13,118-105-92-79-67-54-41-28-15-2)130(119-106-93-80-68-55-42-29-16-3,120-107-94-81-69-56-43-30-17-4)131(121-108-95-82-70-57-44-31-18-5,122-109-96-83-71-58-45-32-19-6)132(123-110-97-84-72-59-46-33-20-7,124-111-98-85-73-60-47-34-21-8)133(125-112-99-86-74-61-48-35-22-9,126-113-100-87-75-62-49-36-23-10)134(135,127-114-101-88-76-63-50-37-24-11)128-115-102-89-77-64-51-38-25-12;1-5(2,3)4/h135H,14-128H2,1-13H3;(H3,1,2,3,4). The first kappa shape index (κ1) is 142. The normalized spacial score (nSPS) is 12.6. The van der Waals surface area contributed by atoms with Crippen molar-refractivity contribution in [2.45, 2.75) is 834 Å². The number of hydrogen-bond acceptors (Lipinski definition) is 2. The molecule has 0 bridgehead atoms. The van der Waals surface area contributed by atoms with Crippen molar-refractivity contribution in [3.8, 4) is 0 Å². The Morgan fingerprint density at radius 1 is 0.121 bits per heavy atom. The molecule has 0 saturated heterocycles. The highest BCUT2D eigenvalue weighted by Gasteiger charge is 2.73. The molecule has 0 amide bonds. The first-order valence-corrected chi connectivity index (χ1v) is 68.6. The molecular weight excluding hydrogens is 1720 g/mol. The number of rotatable bonds is 120. The quantitative estimate of drug-likeness (QED) is 0.0359. The highest BCUT2D eigenvalue weighted by molar-refractivity contribution is 7.45. The Balaban J connectivity index is 0. The van der Waals surface area contributed by atoms with E-state index in [1.807, 2.05) is 0 Å². The average Bonchev–Trinajstić information content (AvgIpc) is 0.668. The van der Waals surface area contributed by atoms with Gasteiger partial charge in [0.2, 0.25) is 0 Å². The summed E-state index contributed by atoms with van der Waals surface area (Å²) in [5.74, 6) is 0. The second-order valence-corrected chi connectivity index (χ2v) is 49.4. The van der Waals surface area contributed by atoms with Crippen molar-refractivity contribution in [3.05, 3.63) is 0 Å². The van der Waals surface area contributed by atoms with E-state index in [1.165, 1.54) is 726 Å². The lowest BCUT2D eigenvalue weighted by atomic mass is 9.29. The van der Waals surface area contributed by atoms with Crippen LogP contribution in [0.2, 0.25) is 0 Å². The molecule has 0 aliphatic rings. The van der Waals surface area contributed by atoms with Crippen LogP contribution in [0.3, 0.4) is 0 Å². The number of phosphoric acid groups is 1. The van der Waals surface area contributed by atoms with Gasteiger partial charge in [0.25, 0.3) is 0 Å². The Bertz CT molecular complexity index is 2250. The van der Waals surface area contributed by atoms with Crippen LogP contribution in [-0.2, 0) is 4.57 Å². The molecule has 0 rings (SSSR count). The summed E-state index contributed by atoms with van der Waals surface area (Å²) in [6.07, 6.45) is 163. The van der Waals surface area contributed by atoms with Crippen molar-refractivity contribution in [1.29, 1.82) is 0 Å². The van der Waals surface area contributed by atoms with Gasteiger partial charge in [-0.25, -0.2) is 4.57 Å². The molecule has 5 nitrogen and oxygen atoms in total. The molecule has 0 fully saturated rings. The number of aliphatic hydroxyl groups is 1. The Labute approximate surface area is 887 Å². The summed E-state index contributed by atoms with van der Waals surface area (Å²) in [5.41, 5.74) is -0.392. The van der Waals surface area contributed by atoms with E-state index in [-0.39, 0.29) is 27.1 Å². The molecule has 0 aromatic rings. The van der Waals surface area contributed by atoms with Gasteiger partial charge in [0, 0.05) is 5.41 Å². The minimum absolute atomic E-state index is 0.00475. The fraction of sp³-hybridized carbons (Fsp3) is 1.00. The molecule has 4 N–H and O–H groups in total. The summed E-state index contributed by atoms with van der Waals surface area (Å²) >= 11 is 0. The van der Waals surface area contributed by atoms with Gasteiger partial charge in [-0.15, -0.1) is 0 Å². The van der Waals surface area contributed by atoms with Crippen LogP contribution in [0.5, 0.6) is 0 Å². The van der Waals surface area contributed by atoms with Crippen molar-refractivity contribution in [1.82, 2.24) is 0 Å². The predicted molar refractivity (Wildman–Crippen MR) is 636 cm³/mol. The van der Waals surface area contributed by atoms with Gasteiger partial charge in [0.1, 0.15) is 0 Å². The van der Waals surface area contributed by atoms with Crippen LogP contribution in [0.15, 0.2) is 0 Å². The third-order valence-corrected chi connectivity index (χ3v) is 36.2. The predicted octanol–water partition coefficient (Wildman–Crippen LogP) is 49.8. The topological polar surface area (TPSA) is 98.0 Å². The van der Waals surface area contributed by atoms with Crippen LogP contribution in [-0.4, -0.2) is 25.4 Å². The smallest absolute Gasteiger partial charge is 0.389 e. The van der Waals surface area contributed by atoms with Gasteiger partial charge >= 0.3 is 7.82 Å². The zero-order valence-corrected chi connectivity index (χ0v) is 101. The fourth-order valence-electron chi connectivity index (χ4n) is 28.0. The largest absolute Gasteiger partial charge is 0.466 e. The van der Waals surface area contributed by atoms with Gasteiger partial charge in [0.15, 0.2) is 0 Å². The van der Waals surface area contributed by atoms with Crippen LogP contribution in [0, 0.1) is 27.1 Å². The minimum Gasteiger partial charge on any atom is -0.389 e. The minimum atomic E-state index is -4.64. The van der Waals surface area contributed by atoms with Crippen molar-refractivity contribution in [2.75, 3.05) is 0 Å². The molecule has 0 aliphatic carbocycles. The Morgan fingerprint density at radius 2 is 0.207 bits per heavy atom. The van der Waals surface area contributed by atoms with E-state index in [2.05, 4.69) is 90.0 Å². The molecule has 0 spiro atoms. The van der Waals surface area contributed by atoms with Crippen molar-refractivity contribution < 1.29 is 24.4 Å². The number of unbranched alkanes of at least 4 members (excludes halogenated alkanes) is 89. The second-order valence-electron chi connectivity index (χ2n) is 48.4. The van der Waals surface area contributed by atoms with E-state index in [9.17, 15) is 0 Å². The van der Waals surface area contributed by atoms with Gasteiger partial charge in [-0.2, -0.15) is 0 Å². The van der Waals surface area contributed by atoms with Gasteiger partial charge in [0.05, 0.1) is 5.60 Å². The molecule has 6 heteroatoms. The van der Waals surface area contributed by atoms with E-state index in [0.29, 0.717) is 0 Å². The number of hydrogen-bond donors (Lipinski definition) is 4. The summed E-state index contributed by atoms with van der Waals surface area (Å²) in [6.45, 7) is 32.0. The molecule has 0 radical (unpaired) electrons. The molecule has 0 aromatic heterocycles. The Morgan fingerprint density at radius 3 is 0.336 bits per heavy atom. The summed E-state index contributed by atoms with van der Waals surface area (Å²) in [6, 6.07) is 0. The summed E-state index contributed by atoms with van der Waals surface area (Å²) < 4.78 is 8.88. The van der Waals surface area contributed by atoms with E-state index >= 15 is 5.11 Å². The molecule has 844 valence electrons. The first-order chi connectivity index (χ1) is 68.5. The van der Waals surface area contributed by atoms with E-state index < -0.39 is 13.4 Å². The van der Waals surface area contributed by atoms with Gasteiger partial charge in [-0.3, -0.25) is 0 Å². The first-order valence-electron chi connectivity index (χ1n) is 67.0. The van der Waals surface area contributed by atoms with Gasteiger partial charge in [-0.1, -0.05) is 745 Å². The summed E-state index contributed by atoms with van der Waals surface area (Å²) in [5, 5.41) is 17.4. The highest BCUT2D eigenvalue weighted by Crippen LogP contribution is 2.80. The fourth-order valence-corrected chi connectivity index (χ4v) is 28.0. The maximum absolute atomic E-state index is 17.4. The van der Waals surface area contributed by atoms with Crippen molar-refractivity contribution in [2.24, 2.45) is 27.1 Å². The maximum atomic E-state index is 17.4. The monoisotopic (exact) mass is 1990 g/mol. The third kappa shape index (κ3) is 74.9. The molecule has 0 heterocycles. The van der Waals surface area contributed by atoms with Gasteiger partial charge in [-0.05, 0) is 105 Å². The lowest BCUT2D eigenvalue weighted by Crippen LogP contribution is -2.70. The lowest BCUT2D eigenvalue weighted by molar-refractivity contribution is -0.287. The molecule has 0 aliphatic heterocycles. The summed E-state index contributed by atoms with van der Waals surface area (Å²) in [4.78, 5) is 21.6. The highest BCUT2D eigenvalue weighted by atomic mass is 31.2. The average molecular weight is 2000 g/mol. The molecule has 0 atom stereocenters. The zero-order chi connectivity index (χ0) is 103. The van der Waals surface area contributed by atoms with Crippen LogP contribution < -0.4 is 0 Å². The van der Waals surface area contributed by atoms with Crippen LogP contribution in [0.1, 0.15) is 828 Å². The maximum Gasteiger partial charge on any atom is 0.466 e. The molecule has 140 heavy (non-hydrogen) atoms. The SMILES string of the molecule is CCCCCCCCCCC(O)(CCCCCCCCCC)C(CCCCCCCCCC)(CCCCCCCCCC)C(CCCCCCCCCC)(CCCCCCCCCC)C(CCCCCCCCCC)(CCCCCCCCCC)C(CCCCCCCCCC)(CCCCCCCCCC)C(CCCCCCCC)(CCCCCCCCCC)CCCCCCCCCC.O=P(O)(O)O. The Kier molecular flexibility index (Phi) is 109. The van der Waals surface area contributed by atoms with Crippen LogP contribution >= 0.6 is 7.82 Å². The lowest BCUT2D eigenvalue weighted by Gasteiger charge is -2.75. The second kappa shape index (κ2) is 107. The van der Waals surface area contributed by atoms with E-state index in [4.69, 9.17) is 19.2 Å². The van der Waals surface area contributed by atoms with E-state index in [0.717, 1.165) is 12.8 Å². The molecular formula is C134H273O5P. The molecule has 0 aromatic carbocycles. The molecule has 0 unspecified atom stereocenters. The van der Waals surface area contributed by atoms with Crippen LogP contribution in [0.25, 0.3) is 0 Å².